The lowest BCUT2D eigenvalue weighted by Gasteiger charge is -2.20. The average Bonchev–Trinajstić information content (AvgIpc) is 2.82. The Kier molecular flexibility index (Phi) is 3.90. The smallest absolute Gasteiger partial charge is 0.308 e. The number of carbonyl (C=O) groups excluding carboxylic acids is 1. The Morgan fingerprint density at radius 3 is 2.81 bits per heavy atom. The van der Waals surface area contributed by atoms with Gasteiger partial charge in [-0.3, -0.25) is 5.32 Å². The van der Waals surface area contributed by atoms with Gasteiger partial charge in [0.05, 0.1) is 5.69 Å². The summed E-state index contributed by atoms with van der Waals surface area (Å²) in [4.78, 5) is 20.0. The minimum atomic E-state index is -0.252. The molecule has 2 amide bonds. The van der Waals surface area contributed by atoms with Crippen molar-refractivity contribution in [3.05, 3.63) is 40.4 Å². The highest BCUT2D eigenvalue weighted by Crippen LogP contribution is 2.27. The van der Waals surface area contributed by atoms with Crippen LogP contribution in [-0.2, 0) is 13.0 Å². The number of nitrogens with zero attached hydrogens (tertiary/aromatic N) is 2. The van der Waals surface area contributed by atoms with Crippen molar-refractivity contribution in [1.82, 2.24) is 9.88 Å². The molecule has 21 heavy (non-hydrogen) atoms. The van der Waals surface area contributed by atoms with Crippen LogP contribution in [0.15, 0.2) is 24.3 Å². The topological polar surface area (TPSA) is 57.3 Å². The predicted octanol–water partition coefficient (Wildman–Crippen LogP) is 3.08. The van der Waals surface area contributed by atoms with Gasteiger partial charge < -0.3 is 10.2 Å². The van der Waals surface area contributed by atoms with E-state index in [2.05, 4.69) is 27.6 Å². The van der Waals surface area contributed by atoms with E-state index < -0.39 is 0 Å². The molecule has 1 aliphatic heterocycles. The molecule has 0 radical (unpaired) electrons. The molecule has 1 aromatic carbocycles. The lowest BCUT2D eigenvalue weighted by atomic mass is 10.2. The van der Waals surface area contributed by atoms with Crippen LogP contribution in [0.4, 0.5) is 15.6 Å². The van der Waals surface area contributed by atoms with E-state index in [1.165, 1.54) is 4.88 Å². The van der Waals surface area contributed by atoms with Crippen molar-refractivity contribution in [3.8, 4) is 0 Å². The molecule has 2 heterocycles. The van der Waals surface area contributed by atoms with Crippen molar-refractivity contribution < 1.29 is 4.79 Å². The van der Waals surface area contributed by atoms with Gasteiger partial charge in [-0.25, -0.2) is 9.78 Å². The summed E-state index contributed by atoms with van der Waals surface area (Å²) < 4.78 is 0. The summed E-state index contributed by atoms with van der Waals surface area (Å²) in [6, 6.07) is 7.45. The third kappa shape index (κ3) is 3.40. The predicted molar refractivity (Wildman–Crippen MR) is 86.0 cm³/mol. The summed E-state index contributed by atoms with van der Waals surface area (Å²) in [7, 11) is 2.10. The zero-order valence-corrected chi connectivity index (χ0v) is 13.0. The Morgan fingerprint density at radius 2 is 2.05 bits per heavy atom. The number of amides is 2. The number of aryl methyl sites for hydroxylation is 1. The number of aromatic nitrogens is 1. The second kappa shape index (κ2) is 5.83. The van der Waals surface area contributed by atoms with Gasteiger partial charge in [-0.1, -0.05) is 17.7 Å². The van der Waals surface area contributed by atoms with Crippen LogP contribution in [-0.4, -0.2) is 29.5 Å². The van der Waals surface area contributed by atoms with Crippen LogP contribution in [0.2, 0.25) is 0 Å². The number of hydrogen-bond acceptors (Lipinski definition) is 4. The van der Waals surface area contributed by atoms with E-state index in [4.69, 9.17) is 0 Å². The molecule has 0 spiro atoms. The quantitative estimate of drug-likeness (QED) is 0.896. The standard InChI is InChI=1S/C15H18N4OS/c1-10-3-5-11(6-4-10)16-14(20)18-15-17-12-7-8-19(2)9-13(12)21-15/h3-6H,7-9H2,1-2H3,(H2,16,17,18,20). The van der Waals surface area contributed by atoms with Crippen molar-refractivity contribution in [2.75, 3.05) is 24.2 Å². The Morgan fingerprint density at radius 1 is 1.29 bits per heavy atom. The second-order valence-corrected chi connectivity index (χ2v) is 6.41. The third-order valence-electron chi connectivity index (χ3n) is 3.45. The molecule has 1 aliphatic rings. The van der Waals surface area contributed by atoms with E-state index >= 15 is 0 Å². The summed E-state index contributed by atoms with van der Waals surface area (Å²) in [5.74, 6) is 0. The first-order valence-electron chi connectivity index (χ1n) is 6.92. The Bertz CT molecular complexity index is 650. The first-order chi connectivity index (χ1) is 10.1. The molecule has 6 heteroatoms. The number of anilines is 2. The van der Waals surface area contributed by atoms with Crippen molar-refractivity contribution in [1.29, 1.82) is 0 Å². The Labute approximate surface area is 128 Å². The molecule has 0 aliphatic carbocycles. The van der Waals surface area contributed by atoms with Crippen LogP contribution in [0.25, 0.3) is 0 Å². The maximum Gasteiger partial charge on any atom is 0.325 e. The molecule has 0 unspecified atom stereocenters. The highest BCUT2D eigenvalue weighted by atomic mass is 32.1. The number of benzene rings is 1. The van der Waals surface area contributed by atoms with Crippen molar-refractivity contribution in [2.24, 2.45) is 0 Å². The maximum absolute atomic E-state index is 12.0. The molecule has 2 N–H and O–H groups in total. The minimum absolute atomic E-state index is 0.252. The summed E-state index contributed by atoms with van der Waals surface area (Å²) in [6.45, 7) is 3.95. The molecule has 1 aromatic heterocycles. The number of hydrogen-bond donors (Lipinski definition) is 2. The van der Waals surface area contributed by atoms with E-state index in [-0.39, 0.29) is 6.03 Å². The van der Waals surface area contributed by atoms with Gasteiger partial charge in [0, 0.05) is 30.1 Å². The van der Waals surface area contributed by atoms with Gasteiger partial charge in [0.25, 0.3) is 0 Å². The minimum Gasteiger partial charge on any atom is -0.308 e. The number of nitrogens with one attached hydrogen (secondary N) is 2. The van der Waals surface area contributed by atoms with Crippen LogP contribution in [0.1, 0.15) is 16.1 Å². The van der Waals surface area contributed by atoms with E-state index in [0.29, 0.717) is 5.13 Å². The largest absolute Gasteiger partial charge is 0.325 e. The van der Waals surface area contributed by atoms with E-state index in [1.54, 1.807) is 11.3 Å². The molecule has 0 saturated heterocycles. The van der Waals surface area contributed by atoms with Crippen LogP contribution < -0.4 is 10.6 Å². The third-order valence-corrected chi connectivity index (χ3v) is 4.45. The summed E-state index contributed by atoms with van der Waals surface area (Å²) in [6.07, 6.45) is 0.948. The molecular weight excluding hydrogens is 284 g/mol. The SMILES string of the molecule is Cc1ccc(NC(=O)Nc2nc3c(s2)CN(C)CC3)cc1. The number of rotatable bonds is 2. The lowest BCUT2D eigenvalue weighted by molar-refractivity contribution is 0.262. The van der Waals surface area contributed by atoms with Gasteiger partial charge in [-0.15, -0.1) is 11.3 Å². The number of fused-ring (bicyclic) bond motifs is 1. The summed E-state index contributed by atoms with van der Waals surface area (Å²) >= 11 is 1.56. The first kappa shape index (κ1) is 14.0. The molecule has 110 valence electrons. The van der Waals surface area contributed by atoms with Gasteiger partial charge >= 0.3 is 6.03 Å². The van der Waals surface area contributed by atoms with Gasteiger partial charge in [-0.05, 0) is 26.1 Å². The van der Waals surface area contributed by atoms with Crippen LogP contribution in [0, 0.1) is 6.92 Å². The fraction of sp³-hybridized carbons (Fsp3) is 0.333. The zero-order valence-electron chi connectivity index (χ0n) is 12.1. The van der Waals surface area contributed by atoms with Crippen LogP contribution in [0.5, 0.6) is 0 Å². The normalized spacial score (nSPS) is 14.6. The highest BCUT2D eigenvalue weighted by Gasteiger charge is 2.19. The van der Waals surface area contributed by atoms with Crippen molar-refractivity contribution in [3.63, 3.8) is 0 Å². The zero-order chi connectivity index (χ0) is 14.8. The molecule has 0 bridgehead atoms. The van der Waals surface area contributed by atoms with Gasteiger partial charge in [0.1, 0.15) is 0 Å². The molecule has 3 rings (SSSR count). The highest BCUT2D eigenvalue weighted by molar-refractivity contribution is 7.15. The second-order valence-electron chi connectivity index (χ2n) is 5.32. The summed E-state index contributed by atoms with van der Waals surface area (Å²) in [5.41, 5.74) is 3.06. The Balaban J connectivity index is 1.64. The van der Waals surface area contributed by atoms with Gasteiger partial charge in [-0.2, -0.15) is 0 Å². The summed E-state index contributed by atoms with van der Waals surface area (Å²) in [5, 5.41) is 6.30. The number of thiazole rings is 1. The molecule has 0 fully saturated rings. The van der Waals surface area contributed by atoms with E-state index in [1.807, 2.05) is 31.2 Å². The number of urea groups is 1. The number of carbonyl (C=O) groups is 1. The van der Waals surface area contributed by atoms with Gasteiger partial charge in [0.15, 0.2) is 5.13 Å². The van der Waals surface area contributed by atoms with Crippen LogP contribution in [0.3, 0.4) is 0 Å². The molecule has 5 nitrogen and oxygen atoms in total. The maximum atomic E-state index is 12.0. The molecule has 0 atom stereocenters. The van der Waals surface area contributed by atoms with Gasteiger partial charge in [0.2, 0.25) is 0 Å². The first-order valence-corrected chi connectivity index (χ1v) is 7.73. The molecule has 0 saturated carbocycles. The van der Waals surface area contributed by atoms with Crippen molar-refractivity contribution in [2.45, 2.75) is 19.9 Å². The van der Waals surface area contributed by atoms with E-state index in [9.17, 15) is 4.79 Å². The monoisotopic (exact) mass is 302 g/mol. The molecular formula is C15H18N4OS. The lowest BCUT2D eigenvalue weighted by Crippen LogP contribution is -2.25. The molecule has 2 aromatic rings. The Hall–Kier alpha value is -1.92. The van der Waals surface area contributed by atoms with Crippen molar-refractivity contribution >= 4 is 28.2 Å². The fourth-order valence-electron chi connectivity index (χ4n) is 2.27. The van der Waals surface area contributed by atoms with Crippen LogP contribution >= 0.6 is 11.3 Å². The average molecular weight is 302 g/mol. The van der Waals surface area contributed by atoms with E-state index in [0.717, 1.165) is 36.5 Å². The number of likely N-dealkylation sites (N-methyl/N-ethyl adjacent to an activating group) is 1. The fourth-order valence-corrected chi connectivity index (χ4v) is 3.36.